The van der Waals surface area contributed by atoms with Gasteiger partial charge in [-0.2, -0.15) is 0 Å². The third-order valence-corrected chi connectivity index (χ3v) is 7.32. The summed E-state index contributed by atoms with van der Waals surface area (Å²) in [5, 5.41) is 21.8. The van der Waals surface area contributed by atoms with Crippen LogP contribution in [0.1, 0.15) is 43.5 Å². The smallest absolute Gasteiger partial charge is 0.141 e. The molecule has 4 saturated heterocycles. The molecular weight excluding hydrogens is 426 g/mol. The van der Waals surface area contributed by atoms with E-state index in [1.54, 1.807) is 0 Å². The maximum atomic E-state index is 11.3. The summed E-state index contributed by atoms with van der Waals surface area (Å²) in [6.45, 7) is 7.84. The second kappa shape index (κ2) is 9.67. The molecule has 6 heteroatoms. The molecule has 0 spiro atoms. The zero-order valence-electron chi connectivity index (χ0n) is 20.2. The minimum absolute atomic E-state index is 0.0658. The normalized spacial score (nSPS) is 30.4. The van der Waals surface area contributed by atoms with Gasteiger partial charge in [0.15, 0.2) is 0 Å². The number of piperidine rings is 3. The van der Waals surface area contributed by atoms with Crippen molar-refractivity contribution in [3.8, 4) is 11.8 Å². The molecule has 4 aliphatic rings. The van der Waals surface area contributed by atoms with Crippen LogP contribution in [-0.2, 0) is 11.2 Å². The third-order valence-electron chi connectivity index (χ3n) is 7.32. The van der Waals surface area contributed by atoms with Gasteiger partial charge in [-0.1, -0.05) is 42.2 Å². The largest absolute Gasteiger partial charge is 0.388 e. The first-order chi connectivity index (χ1) is 16.4. The van der Waals surface area contributed by atoms with E-state index in [1.807, 2.05) is 44.2 Å². The monoisotopic (exact) mass is 461 g/mol. The molecule has 1 aromatic carbocycles. The van der Waals surface area contributed by atoms with Gasteiger partial charge in [0.2, 0.25) is 0 Å². The second-order valence-corrected chi connectivity index (χ2v) is 10.2. The van der Waals surface area contributed by atoms with Gasteiger partial charge in [0.1, 0.15) is 17.5 Å². The molecule has 34 heavy (non-hydrogen) atoms. The molecule has 0 amide bonds. The van der Waals surface area contributed by atoms with Crippen LogP contribution in [0, 0.1) is 17.8 Å². The van der Waals surface area contributed by atoms with Crippen LogP contribution in [-0.4, -0.2) is 76.7 Å². The van der Waals surface area contributed by atoms with Crippen LogP contribution in [0.5, 0.6) is 0 Å². The summed E-state index contributed by atoms with van der Waals surface area (Å²) in [5.74, 6) is 7.63. The number of ether oxygens (including phenoxy) is 1. The maximum Gasteiger partial charge on any atom is 0.141 e. The number of pyridine rings is 1. The number of nitrogens with zero attached hydrogens (tertiary/aromatic N) is 3. The Kier molecular flexibility index (Phi) is 6.63. The van der Waals surface area contributed by atoms with E-state index >= 15 is 0 Å². The van der Waals surface area contributed by atoms with Gasteiger partial charge in [-0.3, -0.25) is 4.90 Å². The van der Waals surface area contributed by atoms with Crippen LogP contribution >= 0.6 is 0 Å². The molecule has 0 saturated carbocycles. The lowest BCUT2D eigenvalue weighted by Crippen LogP contribution is -2.58. The molecule has 0 radical (unpaired) electrons. The predicted molar refractivity (Wildman–Crippen MR) is 133 cm³/mol. The van der Waals surface area contributed by atoms with Gasteiger partial charge >= 0.3 is 0 Å². The van der Waals surface area contributed by atoms with E-state index in [4.69, 9.17) is 9.72 Å². The van der Waals surface area contributed by atoms with Crippen LogP contribution in [0.3, 0.4) is 0 Å². The van der Waals surface area contributed by atoms with Gasteiger partial charge in [0.25, 0.3) is 0 Å². The van der Waals surface area contributed by atoms with Crippen molar-refractivity contribution in [1.29, 1.82) is 0 Å². The molecule has 2 bridgehead atoms. The van der Waals surface area contributed by atoms with Crippen molar-refractivity contribution >= 4 is 5.82 Å². The zero-order valence-corrected chi connectivity index (χ0v) is 20.2. The third kappa shape index (κ3) is 4.99. The summed E-state index contributed by atoms with van der Waals surface area (Å²) in [6, 6.07) is 14.3. The summed E-state index contributed by atoms with van der Waals surface area (Å²) in [5.41, 5.74) is 1.97. The van der Waals surface area contributed by atoms with Crippen molar-refractivity contribution in [2.24, 2.45) is 5.92 Å². The molecule has 2 aromatic rings. The average molecular weight is 462 g/mol. The highest BCUT2D eigenvalue weighted by molar-refractivity contribution is 5.50. The van der Waals surface area contributed by atoms with Crippen molar-refractivity contribution in [3.63, 3.8) is 0 Å². The van der Waals surface area contributed by atoms with E-state index < -0.39 is 11.7 Å². The highest BCUT2D eigenvalue weighted by Gasteiger charge is 2.44. The summed E-state index contributed by atoms with van der Waals surface area (Å²) in [7, 11) is 0. The summed E-state index contributed by atoms with van der Waals surface area (Å²) < 4.78 is 5.89. The Morgan fingerprint density at radius 1 is 1.12 bits per heavy atom. The lowest BCUT2D eigenvalue weighted by molar-refractivity contribution is -0.0713. The molecule has 3 atom stereocenters. The van der Waals surface area contributed by atoms with Gasteiger partial charge in [-0.05, 0) is 57.5 Å². The number of aliphatic hydroxyl groups is 2. The Morgan fingerprint density at radius 2 is 1.88 bits per heavy atom. The second-order valence-electron chi connectivity index (χ2n) is 10.2. The van der Waals surface area contributed by atoms with Crippen LogP contribution in [0.2, 0.25) is 0 Å². The summed E-state index contributed by atoms with van der Waals surface area (Å²) in [4.78, 5) is 9.40. The van der Waals surface area contributed by atoms with Crippen LogP contribution in [0.25, 0.3) is 0 Å². The molecule has 2 N–H and O–H groups in total. The fourth-order valence-electron chi connectivity index (χ4n) is 5.49. The molecular formula is C28H35N3O3. The van der Waals surface area contributed by atoms with E-state index in [9.17, 15) is 10.2 Å². The Bertz CT molecular complexity index is 1060. The standard InChI is InChI=1S/C28H35N3O3/c1-20(2)34-26-18-31(17-25(26)32)27-9-8-22(24(29-27)16-21-6-4-3-5-7-21)10-13-28(33)19-30-14-11-23(28)12-15-30/h3-9,20,23,25-26,32-33H,11-12,14-19H2,1-2H3/t25-,26+,28+/m0/s1. The number of rotatable bonds is 5. The molecule has 1 aromatic heterocycles. The van der Waals surface area contributed by atoms with Crippen LogP contribution < -0.4 is 4.90 Å². The number of β-amino-alcohol motifs (C(OH)–C–C–N with tert-alkyl or cyclic N) is 1. The Balaban J connectivity index is 1.43. The quantitative estimate of drug-likeness (QED) is 0.667. The Morgan fingerprint density at radius 3 is 2.56 bits per heavy atom. The van der Waals surface area contributed by atoms with Gasteiger partial charge in [-0.25, -0.2) is 4.98 Å². The predicted octanol–water partition coefficient (Wildman–Crippen LogP) is 2.46. The molecule has 4 aliphatic heterocycles. The topological polar surface area (TPSA) is 69.1 Å². The molecule has 0 aliphatic carbocycles. The highest BCUT2D eigenvalue weighted by Crippen LogP contribution is 2.35. The fraction of sp³-hybridized carbons (Fsp3) is 0.536. The molecule has 6 rings (SSSR count). The van der Waals surface area contributed by atoms with Crippen molar-refractivity contribution < 1.29 is 14.9 Å². The highest BCUT2D eigenvalue weighted by atomic mass is 16.5. The van der Waals surface area contributed by atoms with E-state index in [1.165, 1.54) is 5.56 Å². The molecule has 5 heterocycles. The lowest BCUT2D eigenvalue weighted by atomic mass is 9.75. The average Bonchev–Trinajstić information content (AvgIpc) is 3.19. The molecule has 6 nitrogen and oxygen atoms in total. The number of aromatic nitrogens is 1. The summed E-state index contributed by atoms with van der Waals surface area (Å²) >= 11 is 0. The van der Waals surface area contributed by atoms with E-state index in [-0.39, 0.29) is 18.1 Å². The van der Waals surface area contributed by atoms with E-state index in [0.29, 0.717) is 26.1 Å². The van der Waals surface area contributed by atoms with Crippen molar-refractivity contribution in [2.45, 2.75) is 57.0 Å². The maximum absolute atomic E-state index is 11.3. The van der Waals surface area contributed by atoms with Gasteiger partial charge in [0.05, 0.1) is 17.9 Å². The van der Waals surface area contributed by atoms with Gasteiger partial charge in [0, 0.05) is 37.5 Å². The van der Waals surface area contributed by atoms with Crippen LogP contribution in [0.4, 0.5) is 5.82 Å². The van der Waals surface area contributed by atoms with E-state index in [0.717, 1.165) is 43.0 Å². The van der Waals surface area contributed by atoms with Gasteiger partial charge in [-0.15, -0.1) is 0 Å². The summed E-state index contributed by atoms with van der Waals surface area (Å²) in [6.07, 6.45) is 1.99. The van der Waals surface area contributed by atoms with Crippen molar-refractivity contribution in [1.82, 2.24) is 9.88 Å². The number of hydrogen-bond donors (Lipinski definition) is 2. The number of hydrogen-bond acceptors (Lipinski definition) is 6. The molecule has 0 unspecified atom stereocenters. The van der Waals surface area contributed by atoms with Gasteiger partial charge < -0.3 is 19.8 Å². The number of fused-ring (bicyclic) bond motifs is 3. The Labute approximate surface area is 202 Å². The number of anilines is 1. The first kappa shape index (κ1) is 23.3. The minimum atomic E-state index is -0.945. The fourth-order valence-corrected chi connectivity index (χ4v) is 5.49. The van der Waals surface area contributed by atoms with Crippen molar-refractivity contribution in [2.75, 3.05) is 37.6 Å². The number of aliphatic hydroxyl groups excluding tert-OH is 1. The Hall–Kier alpha value is -2.43. The first-order valence-corrected chi connectivity index (χ1v) is 12.5. The number of benzene rings is 1. The van der Waals surface area contributed by atoms with Crippen molar-refractivity contribution in [3.05, 3.63) is 59.3 Å². The zero-order chi connectivity index (χ0) is 23.7. The lowest BCUT2D eigenvalue weighted by Gasteiger charge is -2.47. The SMILES string of the molecule is CC(C)O[C@@H]1CN(c2ccc(C#C[C@@]3(O)CN4CCC3CC4)c(Cc3ccccc3)n2)C[C@@H]1O. The minimum Gasteiger partial charge on any atom is -0.388 e. The molecule has 4 fully saturated rings. The van der Waals surface area contributed by atoms with E-state index in [2.05, 4.69) is 33.8 Å². The van der Waals surface area contributed by atoms with Crippen LogP contribution in [0.15, 0.2) is 42.5 Å². The first-order valence-electron chi connectivity index (χ1n) is 12.5. The molecule has 180 valence electrons.